The summed E-state index contributed by atoms with van der Waals surface area (Å²) in [6.07, 6.45) is 4.69. The molecule has 1 aliphatic rings. The van der Waals surface area contributed by atoms with Crippen molar-refractivity contribution in [2.24, 2.45) is 5.92 Å². The van der Waals surface area contributed by atoms with E-state index in [1.165, 1.54) is 29.3 Å². The van der Waals surface area contributed by atoms with Crippen LogP contribution in [-0.2, 0) is 14.3 Å². The Labute approximate surface area is 187 Å². The molecule has 32 heavy (non-hydrogen) atoms. The monoisotopic (exact) mass is 457 g/mol. The number of pyridine rings is 1. The number of nitrogens with zero attached hydrogens (tertiary/aromatic N) is 3. The lowest BCUT2D eigenvalue weighted by molar-refractivity contribution is -0.117. The van der Waals surface area contributed by atoms with Crippen molar-refractivity contribution in [3.05, 3.63) is 39.8 Å². The second kappa shape index (κ2) is 9.05. The van der Waals surface area contributed by atoms with E-state index < -0.39 is 5.97 Å². The van der Waals surface area contributed by atoms with E-state index in [1.54, 1.807) is 24.8 Å². The van der Waals surface area contributed by atoms with Gasteiger partial charge in [0.1, 0.15) is 11.4 Å². The predicted octanol–water partition coefficient (Wildman–Crippen LogP) is 2.94. The number of rotatable bonds is 8. The van der Waals surface area contributed by atoms with Gasteiger partial charge in [0.05, 0.1) is 47.4 Å². The molecule has 2 N–H and O–H groups in total. The molecule has 4 rings (SSSR count). The highest BCUT2D eigenvalue weighted by Crippen LogP contribution is 2.33. The van der Waals surface area contributed by atoms with Crippen LogP contribution in [0, 0.1) is 5.92 Å². The van der Waals surface area contributed by atoms with E-state index in [0.29, 0.717) is 33.9 Å². The minimum Gasteiger partial charge on any atom is -0.465 e. The van der Waals surface area contributed by atoms with Crippen LogP contribution in [0.3, 0.4) is 0 Å². The Morgan fingerprint density at radius 3 is 2.75 bits per heavy atom. The van der Waals surface area contributed by atoms with Crippen molar-refractivity contribution in [2.75, 3.05) is 31.5 Å². The van der Waals surface area contributed by atoms with Crippen LogP contribution < -0.4 is 16.2 Å². The number of fused-ring (bicyclic) bond motifs is 1. The molecular formula is C21H23N5O5S. The van der Waals surface area contributed by atoms with Crippen molar-refractivity contribution < 1.29 is 19.1 Å². The molecule has 1 saturated carbocycles. The van der Waals surface area contributed by atoms with E-state index in [4.69, 9.17) is 9.47 Å². The highest BCUT2D eigenvalue weighted by atomic mass is 32.1. The van der Waals surface area contributed by atoms with Gasteiger partial charge >= 0.3 is 5.97 Å². The SMILES string of the molecule is COCC(C)n1ncc2scc(Nc3cc(NC(=O)C4CC4)ncc3C(=O)OC)c2c1=O. The van der Waals surface area contributed by atoms with Crippen LogP contribution in [0.1, 0.15) is 36.2 Å². The number of nitrogens with one attached hydrogen (secondary N) is 2. The maximum atomic E-state index is 13.1. The maximum Gasteiger partial charge on any atom is 0.341 e. The molecule has 1 aliphatic carbocycles. The minimum absolute atomic E-state index is 0.00867. The first kappa shape index (κ1) is 21.9. The smallest absolute Gasteiger partial charge is 0.341 e. The summed E-state index contributed by atoms with van der Waals surface area (Å²) in [4.78, 5) is 41.7. The van der Waals surface area contributed by atoms with Gasteiger partial charge in [-0.3, -0.25) is 9.59 Å². The van der Waals surface area contributed by atoms with Crippen LogP contribution in [0.4, 0.5) is 17.2 Å². The highest BCUT2D eigenvalue weighted by Gasteiger charge is 2.30. The fraction of sp³-hybridized carbons (Fsp3) is 0.381. The van der Waals surface area contributed by atoms with Crippen molar-refractivity contribution in [2.45, 2.75) is 25.8 Å². The largest absolute Gasteiger partial charge is 0.465 e. The number of carbonyl (C=O) groups excluding carboxylic acids is 2. The average Bonchev–Trinajstić information content (AvgIpc) is 3.55. The summed E-state index contributed by atoms with van der Waals surface area (Å²) in [7, 11) is 2.84. The third kappa shape index (κ3) is 4.34. The van der Waals surface area contributed by atoms with Crippen LogP contribution in [0.25, 0.3) is 10.1 Å². The first-order chi connectivity index (χ1) is 15.4. The fourth-order valence-corrected chi connectivity index (χ4v) is 4.15. The standard InChI is InChI=1S/C21H23N5O5S/c1-11(9-30-2)26-20(28)18-15(10-32-16(18)8-23-26)24-14-6-17(25-19(27)12-4-5-12)22-7-13(14)21(29)31-3/h6-8,10-12H,4-5,9H2,1-3H3,(H2,22,24,25,27). The van der Waals surface area contributed by atoms with E-state index >= 15 is 0 Å². The summed E-state index contributed by atoms with van der Waals surface area (Å²) < 4.78 is 12.1. The molecule has 3 aromatic rings. The van der Waals surface area contributed by atoms with E-state index in [1.807, 2.05) is 6.92 Å². The second-order valence-corrected chi connectivity index (χ2v) is 8.49. The van der Waals surface area contributed by atoms with Crippen molar-refractivity contribution >= 4 is 50.5 Å². The van der Waals surface area contributed by atoms with Gasteiger partial charge in [-0.1, -0.05) is 0 Å². The van der Waals surface area contributed by atoms with Crippen LogP contribution in [0.15, 0.2) is 28.6 Å². The second-order valence-electron chi connectivity index (χ2n) is 7.58. The number of amides is 1. The first-order valence-electron chi connectivity index (χ1n) is 10.1. The van der Waals surface area contributed by atoms with Crippen LogP contribution in [0.2, 0.25) is 0 Å². The number of hydrogen-bond donors (Lipinski definition) is 2. The van der Waals surface area contributed by atoms with Gasteiger partial charge in [-0.15, -0.1) is 11.3 Å². The average molecular weight is 458 g/mol. The fourth-order valence-electron chi connectivity index (χ4n) is 3.31. The minimum atomic E-state index is -0.590. The first-order valence-corrected chi connectivity index (χ1v) is 10.9. The van der Waals surface area contributed by atoms with Crippen molar-refractivity contribution in [3.8, 4) is 0 Å². The third-order valence-electron chi connectivity index (χ3n) is 5.14. The summed E-state index contributed by atoms with van der Waals surface area (Å²) in [6, 6.07) is 1.31. The molecule has 0 bridgehead atoms. The molecule has 0 saturated heterocycles. The number of anilines is 3. The third-order valence-corrected chi connectivity index (χ3v) is 6.06. The Morgan fingerprint density at radius 1 is 1.28 bits per heavy atom. The number of esters is 1. The van der Waals surface area contributed by atoms with E-state index in [-0.39, 0.29) is 29.0 Å². The highest BCUT2D eigenvalue weighted by molar-refractivity contribution is 7.17. The Balaban J connectivity index is 1.73. The summed E-state index contributed by atoms with van der Waals surface area (Å²) in [5, 5.41) is 12.4. The van der Waals surface area contributed by atoms with E-state index in [9.17, 15) is 14.4 Å². The Kier molecular flexibility index (Phi) is 6.19. The molecule has 0 aliphatic heterocycles. The summed E-state index contributed by atoms with van der Waals surface area (Å²) in [5.74, 6) is -0.373. The van der Waals surface area contributed by atoms with Gasteiger partial charge in [0.15, 0.2) is 0 Å². The zero-order valence-electron chi connectivity index (χ0n) is 17.9. The predicted molar refractivity (Wildman–Crippen MR) is 121 cm³/mol. The molecule has 1 fully saturated rings. The van der Waals surface area contributed by atoms with Crippen molar-refractivity contribution in [3.63, 3.8) is 0 Å². The van der Waals surface area contributed by atoms with Crippen molar-refractivity contribution in [1.29, 1.82) is 0 Å². The lowest BCUT2D eigenvalue weighted by atomic mass is 10.2. The van der Waals surface area contributed by atoms with Crippen LogP contribution in [-0.4, -0.2) is 47.5 Å². The molecule has 1 atom stereocenters. The summed E-state index contributed by atoms with van der Waals surface area (Å²) >= 11 is 1.36. The molecule has 168 valence electrons. The number of hydrogen-bond acceptors (Lipinski definition) is 9. The molecular weight excluding hydrogens is 434 g/mol. The van der Waals surface area contributed by atoms with Gasteiger partial charge in [-0.05, 0) is 19.8 Å². The molecule has 0 aromatic carbocycles. The molecule has 0 spiro atoms. The molecule has 10 nitrogen and oxygen atoms in total. The number of methoxy groups -OCH3 is 2. The van der Waals surface area contributed by atoms with Crippen LogP contribution >= 0.6 is 11.3 Å². The quantitative estimate of drug-likeness (QED) is 0.495. The number of carbonyl (C=O) groups is 2. The van der Waals surface area contributed by atoms with Crippen molar-refractivity contribution in [1.82, 2.24) is 14.8 Å². The van der Waals surface area contributed by atoms with Gasteiger partial charge in [-0.2, -0.15) is 5.10 Å². The van der Waals surface area contributed by atoms with Gasteiger partial charge < -0.3 is 20.1 Å². The Morgan fingerprint density at radius 2 is 2.06 bits per heavy atom. The lowest BCUT2D eigenvalue weighted by Crippen LogP contribution is -2.28. The molecule has 1 amide bonds. The zero-order valence-corrected chi connectivity index (χ0v) is 18.7. The number of ether oxygens (including phenoxy) is 2. The summed E-state index contributed by atoms with van der Waals surface area (Å²) in [5.41, 5.74) is 0.794. The maximum absolute atomic E-state index is 13.1. The normalized spacial score (nSPS) is 14.2. The van der Waals surface area contributed by atoms with E-state index in [2.05, 4.69) is 20.7 Å². The topological polar surface area (TPSA) is 124 Å². The molecule has 1 unspecified atom stereocenters. The zero-order chi connectivity index (χ0) is 22.8. The molecule has 0 radical (unpaired) electrons. The van der Waals surface area contributed by atoms with E-state index in [0.717, 1.165) is 12.8 Å². The number of thiophene rings is 1. The number of aromatic nitrogens is 3. The van der Waals surface area contributed by atoms with Crippen LogP contribution in [0.5, 0.6) is 0 Å². The van der Waals surface area contributed by atoms with Gasteiger partial charge in [0.2, 0.25) is 5.91 Å². The molecule has 11 heteroatoms. The van der Waals surface area contributed by atoms with Gasteiger partial charge in [-0.25, -0.2) is 14.5 Å². The molecule has 3 aromatic heterocycles. The lowest BCUT2D eigenvalue weighted by Gasteiger charge is -2.14. The Hall–Kier alpha value is -3.31. The molecule has 3 heterocycles. The summed E-state index contributed by atoms with van der Waals surface area (Å²) in [6.45, 7) is 2.18. The Bertz CT molecular complexity index is 1230. The van der Waals surface area contributed by atoms with Gasteiger partial charge in [0, 0.05) is 30.7 Å². The van der Waals surface area contributed by atoms with Gasteiger partial charge in [0.25, 0.3) is 5.56 Å².